The van der Waals surface area contributed by atoms with Gasteiger partial charge in [0.05, 0.1) is 5.56 Å². The Morgan fingerprint density at radius 3 is 2.86 bits per heavy atom. The van der Waals surface area contributed by atoms with Gasteiger partial charge in [0.2, 0.25) is 0 Å². The van der Waals surface area contributed by atoms with E-state index >= 15 is 0 Å². The van der Waals surface area contributed by atoms with Crippen molar-refractivity contribution in [2.24, 2.45) is 17.8 Å². The van der Waals surface area contributed by atoms with Gasteiger partial charge in [0.1, 0.15) is 5.75 Å². The van der Waals surface area contributed by atoms with Crippen LogP contribution in [0.3, 0.4) is 0 Å². The molecule has 2 aliphatic carbocycles. The Morgan fingerprint density at radius 1 is 1.36 bits per heavy atom. The highest BCUT2D eigenvalue weighted by molar-refractivity contribution is 5.80. The van der Waals surface area contributed by atoms with Gasteiger partial charge in [0, 0.05) is 6.04 Å². The van der Waals surface area contributed by atoms with Crippen molar-refractivity contribution in [3.8, 4) is 5.75 Å². The van der Waals surface area contributed by atoms with Gasteiger partial charge in [0.15, 0.2) is 12.9 Å². The van der Waals surface area contributed by atoms with Gasteiger partial charge in [-0.2, -0.15) is 0 Å². The van der Waals surface area contributed by atoms with Crippen LogP contribution in [0.4, 0.5) is 0 Å². The molecule has 0 heterocycles. The molecule has 4 atom stereocenters. The van der Waals surface area contributed by atoms with Crippen molar-refractivity contribution in [2.75, 3.05) is 6.61 Å². The van der Waals surface area contributed by atoms with E-state index in [2.05, 4.69) is 12.2 Å². The van der Waals surface area contributed by atoms with Gasteiger partial charge < -0.3 is 10.1 Å². The highest BCUT2D eigenvalue weighted by atomic mass is 16.5. The second kappa shape index (κ2) is 6.51. The van der Waals surface area contributed by atoms with E-state index in [9.17, 15) is 9.59 Å². The quantitative estimate of drug-likeness (QED) is 0.822. The summed E-state index contributed by atoms with van der Waals surface area (Å²) in [6, 6.07) is 7.15. The molecule has 2 saturated carbocycles. The van der Waals surface area contributed by atoms with Gasteiger partial charge in [-0.1, -0.05) is 18.6 Å². The van der Waals surface area contributed by atoms with Gasteiger partial charge in [-0.05, 0) is 56.1 Å². The molecule has 3 rings (SSSR count). The standard InChI is InChI=1S/C18H23NO3/c1-12(16-9-13-6-7-14(16)8-13)19-18(21)11-22-17-5-3-2-4-15(17)10-20/h2-5,10,12-14,16H,6-9,11H2,1H3,(H,19,21). The maximum absolute atomic E-state index is 12.1. The fourth-order valence-corrected chi connectivity index (χ4v) is 4.16. The molecular formula is C18H23NO3. The van der Waals surface area contributed by atoms with Crippen LogP contribution in [0.15, 0.2) is 24.3 Å². The van der Waals surface area contributed by atoms with Crippen molar-refractivity contribution >= 4 is 12.2 Å². The predicted octanol–water partition coefficient (Wildman–Crippen LogP) is 2.82. The largest absolute Gasteiger partial charge is 0.483 e. The summed E-state index contributed by atoms with van der Waals surface area (Å²) in [6.45, 7) is 2.05. The number of hydrogen-bond donors (Lipinski definition) is 1. The molecular weight excluding hydrogens is 278 g/mol. The lowest BCUT2D eigenvalue weighted by Gasteiger charge is -2.28. The average molecular weight is 301 g/mol. The molecule has 4 nitrogen and oxygen atoms in total. The molecule has 4 unspecified atom stereocenters. The SMILES string of the molecule is CC(NC(=O)COc1ccccc1C=O)C1CC2CCC1C2. The number of fused-ring (bicyclic) bond motifs is 2. The highest BCUT2D eigenvalue weighted by Gasteiger charge is 2.42. The number of para-hydroxylation sites is 1. The summed E-state index contributed by atoms with van der Waals surface area (Å²) in [5.41, 5.74) is 0.469. The zero-order valence-electron chi connectivity index (χ0n) is 13.0. The van der Waals surface area contributed by atoms with E-state index in [-0.39, 0.29) is 18.6 Å². The molecule has 118 valence electrons. The third-order valence-corrected chi connectivity index (χ3v) is 5.23. The number of ether oxygens (including phenoxy) is 1. The first kappa shape index (κ1) is 15.1. The summed E-state index contributed by atoms with van der Waals surface area (Å²) in [7, 11) is 0. The topological polar surface area (TPSA) is 55.4 Å². The first-order chi connectivity index (χ1) is 10.7. The summed E-state index contributed by atoms with van der Waals surface area (Å²) in [5, 5.41) is 3.06. The molecule has 4 heteroatoms. The smallest absolute Gasteiger partial charge is 0.258 e. The number of carbonyl (C=O) groups excluding carboxylic acids is 2. The van der Waals surface area contributed by atoms with Crippen molar-refractivity contribution in [1.29, 1.82) is 0 Å². The minimum atomic E-state index is -0.115. The van der Waals surface area contributed by atoms with Crippen LogP contribution >= 0.6 is 0 Å². The minimum absolute atomic E-state index is 0.0456. The summed E-state index contributed by atoms with van der Waals surface area (Å²) in [5.74, 6) is 2.63. The monoisotopic (exact) mass is 301 g/mol. The first-order valence-corrected chi connectivity index (χ1v) is 8.13. The Hall–Kier alpha value is -1.84. The molecule has 0 spiro atoms. The molecule has 2 fully saturated rings. The Kier molecular flexibility index (Phi) is 4.46. The van der Waals surface area contributed by atoms with Gasteiger partial charge in [-0.15, -0.1) is 0 Å². The molecule has 2 aliphatic rings. The molecule has 1 aromatic carbocycles. The molecule has 0 radical (unpaired) electrons. The zero-order chi connectivity index (χ0) is 15.5. The lowest BCUT2D eigenvalue weighted by molar-refractivity contribution is -0.124. The zero-order valence-corrected chi connectivity index (χ0v) is 13.0. The van der Waals surface area contributed by atoms with E-state index in [0.717, 1.165) is 18.1 Å². The van der Waals surface area contributed by atoms with Crippen LogP contribution in [0, 0.1) is 17.8 Å². The summed E-state index contributed by atoms with van der Waals surface area (Å²) in [6.07, 6.45) is 6.02. The number of carbonyl (C=O) groups is 2. The van der Waals surface area contributed by atoms with Crippen LogP contribution in [0.25, 0.3) is 0 Å². The number of aldehydes is 1. The number of rotatable bonds is 6. The van der Waals surface area contributed by atoms with Gasteiger partial charge >= 0.3 is 0 Å². The van der Waals surface area contributed by atoms with Crippen LogP contribution in [0.1, 0.15) is 43.0 Å². The van der Waals surface area contributed by atoms with Crippen molar-refractivity contribution in [3.05, 3.63) is 29.8 Å². The van der Waals surface area contributed by atoms with Crippen LogP contribution < -0.4 is 10.1 Å². The van der Waals surface area contributed by atoms with E-state index in [1.807, 2.05) is 0 Å². The van der Waals surface area contributed by atoms with Crippen LogP contribution in [0.2, 0.25) is 0 Å². The van der Waals surface area contributed by atoms with E-state index in [1.54, 1.807) is 24.3 Å². The van der Waals surface area contributed by atoms with Gasteiger partial charge in [-0.3, -0.25) is 9.59 Å². The maximum atomic E-state index is 12.1. The van der Waals surface area contributed by atoms with Crippen molar-refractivity contribution in [1.82, 2.24) is 5.32 Å². The maximum Gasteiger partial charge on any atom is 0.258 e. The fourth-order valence-electron chi connectivity index (χ4n) is 4.16. The predicted molar refractivity (Wildman–Crippen MR) is 83.9 cm³/mol. The van der Waals surface area contributed by atoms with E-state index in [0.29, 0.717) is 17.2 Å². The first-order valence-electron chi connectivity index (χ1n) is 8.13. The molecule has 22 heavy (non-hydrogen) atoms. The lowest BCUT2D eigenvalue weighted by atomic mass is 9.84. The Morgan fingerprint density at radius 2 is 2.18 bits per heavy atom. The third-order valence-electron chi connectivity index (χ3n) is 5.23. The summed E-state index contributed by atoms with van der Waals surface area (Å²) >= 11 is 0. The van der Waals surface area contributed by atoms with E-state index in [1.165, 1.54) is 25.7 Å². The van der Waals surface area contributed by atoms with Gasteiger partial charge in [-0.25, -0.2) is 0 Å². The van der Waals surface area contributed by atoms with Crippen molar-refractivity contribution in [2.45, 2.75) is 38.6 Å². The van der Waals surface area contributed by atoms with E-state index < -0.39 is 0 Å². The minimum Gasteiger partial charge on any atom is -0.483 e. The number of benzene rings is 1. The summed E-state index contributed by atoms with van der Waals surface area (Å²) in [4.78, 5) is 23.0. The number of amides is 1. The second-order valence-electron chi connectivity index (χ2n) is 6.64. The van der Waals surface area contributed by atoms with Gasteiger partial charge in [0.25, 0.3) is 5.91 Å². The fraction of sp³-hybridized carbons (Fsp3) is 0.556. The average Bonchev–Trinajstić information content (AvgIpc) is 3.16. The molecule has 1 N–H and O–H groups in total. The van der Waals surface area contributed by atoms with Crippen LogP contribution in [-0.2, 0) is 4.79 Å². The van der Waals surface area contributed by atoms with Crippen molar-refractivity contribution in [3.63, 3.8) is 0 Å². The number of hydrogen-bond acceptors (Lipinski definition) is 3. The molecule has 0 aliphatic heterocycles. The highest BCUT2D eigenvalue weighted by Crippen LogP contribution is 2.49. The van der Waals surface area contributed by atoms with E-state index in [4.69, 9.17) is 4.74 Å². The molecule has 0 aromatic heterocycles. The van der Waals surface area contributed by atoms with Crippen molar-refractivity contribution < 1.29 is 14.3 Å². The third kappa shape index (κ3) is 3.16. The van der Waals surface area contributed by atoms with Crippen LogP contribution in [0.5, 0.6) is 5.75 Å². The molecule has 1 aromatic rings. The number of nitrogens with one attached hydrogen (secondary N) is 1. The molecule has 0 saturated heterocycles. The Bertz CT molecular complexity index is 557. The summed E-state index contributed by atoms with van der Waals surface area (Å²) < 4.78 is 5.47. The normalized spacial score (nSPS) is 27.4. The second-order valence-corrected chi connectivity index (χ2v) is 6.64. The molecule has 2 bridgehead atoms. The Balaban J connectivity index is 1.49. The Labute approximate surface area is 131 Å². The van der Waals surface area contributed by atoms with Crippen LogP contribution in [-0.4, -0.2) is 24.8 Å². The lowest BCUT2D eigenvalue weighted by Crippen LogP contribution is -2.42. The molecule has 1 amide bonds.